The van der Waals surface area contributed by atoms with Crippen LogP contribution >= 0.6 is 12.2 Å². The zero-order chi connectivity index (χ0) is 23.3. The van der Waals surface area contributed by atoms with E-state index < -0.39 is 15.9 Å². The number of amides is 1. The third kappa shape index (κ3) is 6.29. The number of carbonyl (C=O) groups excluding carboxylic acids is 1. The van der Waals surface area contributed by atoms with Gasteiger partial charge in [0.25, 0.3) is 10.0 Å². The lowest BCUT2D eigenvalue weighted by Gasteiger charge is -2.12. The van der Waals surface area contributed by atoms with E-state index in [1.165, 1.54) is 24.3 Å². The van der Waals surface area contributed by atoms with Gasteiger partial charge in [-0.25, -0.2) is 8.42 Å². The van der Waals surface area contributed by atoms with E-state index in [1.807, 2.05) is 32.9 Å². The van der Waals surface area contributed by atoms with E-state index in [0.717, 1.165) is 16.9 Å². The Labute approximate surface area is 192 Å². The Morgan fingerprint density at radius 1 is 1.00 bits per heavy atom. The molecule has 0 aliphatic carbocycles. The quantitative estimate of drug-likeness (QED) is 0.362. The van der Waals surface area contributed by atoms with Crippen LogP contribution in [0.15, 0.2) is 70.0 Å². The van der Waals surface area contributed by atoms with Gasteiger partial charge in [0.05, 0.1) is 10.6 Å². The van der Waals surface area contributed by atoms with E-state index in [2.05, 4.69) is 15.4 Å². The summed E-state index contributed by atoms with van der Waals surface area (Å²) in [6, 6.07) is 15.1. The van der Waals surface area contributed by atoms with Crippen molar-refractivity contribution < 1.29 is 17.6 Å². The molecule has 32 heavy (non-hydrogen) atoms. The smallest absolute Gasteiger partial charge is 0.261 e. The van der Waals surface area contributed by atoms with Gasteiger partial charge in [-0.05, 0) is 87.1 Å². The molecule has 0 fully saturated rings. The molecule has 0 aliphatic rings. The molecule has 0 saturated heterocycles. The topological polar surface area (TPSA) is 100 Å². The molecule has 9 heteroatoms. The highest BCUT2D eigenvalue weighted by atomic mass is 32.2. The van der Waals surface area contributed by atoms with Gasteiger partial charge in [0, 0.05) is 11.8 Å². The molecule has 7 nitrogen and oxygen atoms in total. The highest BCUT2D eigenvalue weighted by Crippen LogP contribution is 2.21. The van der Waals surface area contributed by atoms with Crippen molar-refractivity contribution in [3.8, 4) is 0 Å². The molecule has 166 valence electrons. The van der Waals surface area contributed by atoms with Crippen molar-refractivity contribution in [3.05, 3.63) is 83.3 Å². The van der Waals surface area contributed by atoms with Crippen LogP contribution in [0.1, 0.15) is 22.6 Å². The molecule has 1 aromatic heterocycles. The van der Waals surface area contributed by atoms with Crippen molar-refractivity contribution in [1.82, 2.24) is 5.32 Å². The number of sulfonamides is 1. The molecule has 0 radical (unpaired) electrons. The Kier molecular flexibility index (Phi) is 7.12. The fourth-order valence-electron chi connectivity index (χ4n) is 2.87. The summed E-state index contributed by atoms with van der Waals surface area (Å²) in [6.45, 7) is 5.60. The third-order valence-corrected chi connectivity index (χ3v) is 6.03. The molecule has 0 atom stereocenters. The van der Waals surface area contributed by atoms with Crippen LogP contribution in [0.25, 0.3) is 6.08 Å². The van der Waals surface area contributed by atoms with Gasteiger partial charge in [-0.15, -0.1) is 0 Å². The number of hydrogen-bond acceptors (Lipinski definition) is 5. The van der Waals surface area contributed by atoms with Gasteiger partial charge in [0.1, 0.15) is 11.5 Å². The van der Waals surface area contributed by atoms with Crippen LogP contribution in [0.4, 0.5) is 11.4 Å². The van der Waals surface area contributed by atoms with Crippen LogP contribution in [-0.2, 0) is 14.8 Å². The average Bonchev–Trinajstić information content (AvgIpc) is 3.14. The minimum Gasteiger partial charge on any atom is -0.462 e. The summed E-state index contributed by atoms with van der Waals surface area (Å²) in [5.41, 5.74) is 2.95. The zero-order valence-electron chi connectivity index (χ0n) is 17.8. The highest BCUT2D eigenvalue weighted by molar-refractivity contribution is 7.92. The van der Waals surface area contributed by atoms with Gasteiger partial charge >= 0.3 is 0 Å². The standard InChI is InChI=1S/C23H23N3O4S2/c1-15-4-12-21(16(2)14-15)26-32(28,29)20-10-6-18(7-11-20)24-23(31)25-22(27)13-9-19-8-5-17(3)30-19/h4-14,26H,1-3H3,(H2,24,25,27,31). The van der Waals surface area contributed by atoms with Gasteiger partial charge in [-0.1, -0.05) is 17.7 Å². The Balaban J connectivity index is 1.59. The van der Waals surface area contributed by atoms with Crippen molar-refractivity contribution in [2.75, 3.05) is 10.0 Å². The largest absolute Gasteiger partial charge is 0.462 e. The molecule has 0 unspecified atom stereocenters. The van der Waals surface area contributed by atoms with Crippen molar-refractivity contribution in [2.45, 2.75) is 25.7 Å². The average molecular weight is 470 g/mol. The summed E-state index contributed by atoms with van der Waals surface area (Å²) in [5, 5.41) is 5.44. The maximum Gasteiger partial charge on any atom is 0.261 e. The molecule has 0 bridgehead atoms. The number of hydrogen-bond donors (Lipinski definition) is 3. The summed E-state index contributed by atoms with van der Waals surface area (Å²) in [7, 11) is -3.74. The van der Waals surface area contributed by atoms with E-state index in [-0.39, 0.29) is 10.0 Å². The molecule has 2 aromatic carbocycles. The number of anilines is 2. The first-order valence-electron chi connectivity index (χ1n) is 9.69. The first-order valence-corrected chi connectivity index (χ1v) is 11.6. The second kappa shape index (κ2) is 9.80. The van der Waals surface area contributed by atoms with E-state index in [1.54, 1.807) is 30.3 Å². The summed E-state index contributed by atoms with van der Waals surface area (Å²) in [4.78, 5) is 12.1. The number of thiocarbonyl (C=S) groups is 1. The summed E-state index contributed by atoms with van der Waals surface area (Å²) >= 11 is 5.13. The van der Waals surface area contributed by atoms with Gasteiger partial charge in [0.2, 0.25) is 5.91 Å². The Bertz CT molecular complexity index is 1280. The van der Waals surface area contributed by atoms with Crippen LogP contribution in [-0.4, -0.2) is 19.4 Å². The van der Waals surface area contributed by atoms with Crippen molar-refractivity contribution in [1.29, 1.82) is 0 Å². The lowest BCUT2D eigenvalue weighted by molar-refractivity contribution is -0.115. The molecule has 3 rings (SSSR count). The van der Waals surface area contributed by atoms with Gasteiger partial charge in [-0.2, -0.15) is 0 Å². The summed E-state index contributed by atoms with van der Waals surface area (Å²) < 4.78 is 33.3. The minimum absolute atomic E-state index is 0.0827. The van der Waals surface area contributed by atoms with E-state index in [0.29, 0.717) is 17.1 Å². The summed E-state index contributed by atoms with van der Waals surface area (Å²) in [5.74, 6) is 0.882. The second-order valence-corrected chi connectivity index (χ2v) is 9.26. The number of carbonyl (C=O) groups is 1. The monoisotopic (exact) mass is 469 g/mol. The van der Waals surface area contributed by atoms with Crippen LogP contribution < -0.4 is 15.4 Å². The molecular weight excluding hydrogens is 446 g/mol. The van der Waals surface area contributed by atoms with Crippen molar-refractivity contribution in [3.63, 3.8) is 0 Å². The predicted molar refractivity (Wildman–Crippen MR) is 130 cm³/mol. The fourth-order valence-corrected chi connectivity index (χ4v) is 4.22. The van der Waals surface area contributed by atoms with E-state index in [4.69, 9.17) is 16.6 Å². The molecule has 3 aromatic rings. The van der Waals surface area contributed by atoms with Gasteiger partial charge in [-0.3, -0.25) is 14.8 Å². The lowest BCUT2D eigenvalue weighted by Crippen LogP contribution is -2.32. The molecule has 3 N–H and O–H groups in total. The maximum atomic E-state index is 12.7. The normalized spacial score (nSPS) is 11.3. The SMILES string of the molecule is Cc1ccc(NS(=O)(=O)c2ccc(NC(=S)NC(=O)C=Cc3ccc(C)o3)cc2)c(C)c1. The van der Waals surface area contributed by atoms with Crippen LogP contribution in [0.3, 0.4) is 0 Å². The lowest BCUT2D eigenvalue weighted by atomic mass is 10.1. The fraction of sp³-hybridized carbons (Fsp3) is 0.130. The van der Waals surface area contributed by atoms with E-state index in [9.17, 15) is 13.2 Å². The minimum atomic E-state index is -3.74. The number of rotatable bonds is 6. The molecular formula is C23H23N3O4S2. The first kappa shape index (κ1) is 23.2. The van der Waals surface area contributed by atoms with E-state index >= 15 is 0 Å². The molecule has 1 amide bonds. The molecule has 0 saturated carbocycles. The number of nitrogens with one attached hydrogen (secondary N) is 3. The summed E-state index contributed by atoms with van der Waals surface area (Å²) in [6.07, 6.45) is 2.84. The first-order chi connectivity index (χ1) is 15.1. The molecule has 1 heterocycles. The van der Waals surface area contributed by atoms with Gasteiger partial charge in [0.15, 0.2) is 5.11 Å². The van der Waals surface area contributed by atoms with Crippen molar-refractivity contribution in [2.24, 2.45) is 0 Å². The molecule has 0 spiro atoms. The Morgan fingerprint density at radius 2 is 1.72 bits per heavy atom. The second-order valence-electron chi connectivity index (χ2n) is 7.17. The van der Waals surface area contributed by atoms with Crippen LogP contribution in [0.2, 0.25) is 0 Å². The highest BCUT2D eigenvalue weighted by Gasteiger charge is 2.15. The zero-order valence-corrected chi connectivity index (χ0v) is 19.4. The maximum absolute atomic E-state index is 12.7. The third-order valence-electron chi connectivity index (χ3n) is 4.45. The number of furan rings is 1. The van der Waals surface area contributed by atoms with Gasteiger partial charge < -0.3 is 9.73 Å². The number of aryl methyl sites for hydroxylation is 3. The Morgan fingerprint density at radius 3 is 2.34 bits per heavy atom. The Hall–Kier alpha value is -3.43. The molecule has 0 aliphatic heterocycles. The predicted octanol–water partition coefficient (Wildman–Crippen LogP) is 4.53. The number of benzene rings is 2. The van der Waals surface area contributed by atoms with Crippen LogP contribution in [0.5, 0.6) is 0 Å². The van der Waals surface area contributed by atoms with Crippen LogP contribution in [0, 0.1) is 20.8 Å². The van der Waals surface area contributed by atoms with Crippen molar-refractivity contribution >= 4 is 50.7 Å².